The summed E-state index contributed by atoms with van der Waals surface area (Å²) < 4.78 is 26.2. The average Bonchev–Trinajstić information content (AvgIpc) is 3.12. The quantitative estimate of drug-likeness (QED) is 0.0192. The SMILES string of the molecule is CC/C=C\C(O)C/C=C/C=C\C/C=C\C/C=C\CCCC(=O)O[C@H](COC(=O)CCCCCC/C=C\C/C=C\C/C=C\CCCCC)COP(=O)(O)O. The van der Waals surface area contributed by atoms with Gasteiger partial charge in [0.05, 0.1) is 12.7 Å². The minimum Gasteiger partial charge on any atom is -0.462 e. The van der Waals surface area contributed by atoms with Crippen molar-refractivity contribution in [3.8, 4) is 0 Å². The Hall–Kier alpha value is -3.07. The lowest BCUT2D eigenvalue weighted by molar-refractivity contribution is -0.161. The number of aliphatic hydroxyl groups is 1. The largest absolute Gasteiger partial charge is 0.469 e. The van der Waals surface area contributed by atoms with E-state index in [2.05, 4.69) is 60.1 Å². The number of aliphatic hydroxyl groups excluding tert-OH is 1. The standard InChI is InChI=1S/C43H69O9P/c1-3-5-7-8-9-10-11-12-13-14-15-16-20-23-26-29-32-36-42(45)50-38-41(39-51-53(47,48)49)52-43(46)37-33-30-27-24-21-18-17-19-22-25-28-31-35-40(44)34-6-4-2/h6,9-10,12-13,15-18,22,24-25,27-28,31,34,40-41,44H,3-5,7-8,11,14,19-21,23,26,29-30,32-33,35-39H2,1-2H3,(H2,47,48,49)/b10-9-,13-12-,16-15-,18-17-,25-22-,27-24-,31-28+,34-6-/t40?,41-/m1/s1. The highest BCUT2D eigenvalue weighted by molar-refractivity contribution is 7.46. The summed E-state index contributed by atoms with van der Waals surface area (Å²) in [4.78, 5) is 42.7. The fourth-order valence-corrected chi connectivity index (χ4v) is 5.09. The van der Waals surface area contributed by atoms with E-state index >= 15 is 0 Å². The molecule has 0 rings (SSSR count). The predicted octanol–water partition coefficient (Wildman–Crippen LogP) is 10.8. The number of unbranched alkanes of at least 4 members (excludes halogenated alkanes) is 8. The van der Waals surface area contributed by atoms with Gasteiger partial charge < -0.3 is 24.4 Å². The molecule has 0 aliphatic rings. The van der Waals surface area contributed by atoms with Gasteiger partial charge in [0.1, 0.15) is 6.61 Å². The molecule has 53 heavy (non-hydrogen) atoms. The highest BCUT2D eigenvalue weighted by Crippen LogP contribution is 2.35. The normalized spacial score (nSPS) is 14.1. The lowest BCUT2D eigenvalue weighted by Crippen LogP contribution is -2.29. The number of allylic oxidation sites excluding steroid dienone is 14. The fourth-order valence-electron chi connectivity index (χ4n) is 4.73. The van der Waals surface area contributed by atoms with Gasteiger partial charge in [0, 0.05) is 12.8 Å². The van der Waals surface area contributed by atoms with Crippen molar-refractivity contribution in [3.05, 3.63) is 97.2 Å². The van der Waals surface area contributed by atoms with Crippen molar-refractivity contribution in [2.75, 3.05) is 13.2 Å². The van der Waals surface area contributed by atoms with Gasteiger partial charge in [-0.15, -0.1) is 0 Å². The number of phosphoric ester groups is 1. The van der Waals surface area contributed by atoms with Crippen molar-refractivity contribution in [3.63, 3.8) is 0 Å². The molecule has 9 nitrogen and oxygen atoms in total. The van der Waals surface area contributed by atoms with Crippen LogP contribution in [0.4, 0.5) is 0 Å². The molecule has 0 aromatic heterocycles. The molecular weight excluding hydrogens is 691 g/mol. The number of ether oxygens (including phenoxy) is 2. The van der Waals surface area contributed by atoms with Gasteiger partial charge in [-0.1, -0.05) is 137 Å². The van der Waals surface area contributed by atoms with Crippen molar-refractivity contribution in [1.82, 2.24) is 0 Å². The summed E-state index contributed by atoms with van der Waals surface area (Å²) in [5, 5.41) is 9.73. The van der Waals surface area contributed by atoms with Crippen LogP contribution in [-0.4, -0.2) is 52.3 Å². The summed E-state index contributed by atoms with van der Waals surface area (Å²) in [7, 11) is -4.79. The third-order valence-corrected chi connectivity index (χ3v) is 8.15. The van der Waals surface area contributed by atoms with Crippen LogP contribution in [-0.2, 0) is 28.2 Å². The van der Waals surface area contributed by atoms with E-state index in [1.165, 1.54) is 25.7 Å². The number of rotatable bonds is 34. The maximum absolute atomic E-state index is 12.4. The fraction of sp³-hybridized carbons (Fsp3) is 0.581. The summed E-state index contributed by atoms with van der Waals surface area (Å²) in [5.74, 6) is -1.01. The van der Waals surface area contributed by atoms with Crippen LogP contribution in [0, 0.1) is 0 Å². The van der Waals surface area contributed by atoms with E-state index in [1.807, 2.05) is 49.5 Å². The van der Waals surface area contributed by atoms with Gasteiger partial charge in [0.25, 0.3) is 0 Å². The Bertz CT molecular complexity index is 1190. The first kappa shape index (κ1) is 49.9. The van der Waals surface area contributed by atoms with Crippen LogP contribution in [0.1, 0.15) is 136 Å². The van der Waals surface area contributed by atoms with Gasteiger partial charge in [0.2, 0.25) is 0 Å². The number of esters is 2. The van der Waals surface area contributed by atoms with Crippen LogP contribution >= 0.6 is 7.82 Å². The Balaban J connectivity index is 4.16. The van der Waals surface area contributed by atoms with Crippen LogP contribution < -0.4 is 0 Å². The van der Waals surface area contributed by atoms with Crippen molar-refractivity contribution in [2.24, 2.45) is 0 Å². The monoisotopic (exact) mass is 760 g/mol. The minimum atomic E-state index is -4.79. The molecule has 0 radical (unpaired) electrons. The van der Waals surface area contributed by atoms with Crippen LogP contribution in [0.2, 0.25) is 0 Å². The van der Waals surface area contributed by atoms with Crippen molar-refractivity contribution < 1.29 is 43.0 Å². The molecule has 0 bridgehead atoms. The molecule has 0 spiro atoms. The smallest absolute Gasteiger partial charge is 0.462 e. The van der Waals surface area contributed by atoms with Crippen LogP contribution in [0.15, 0.2) is 97.2 Å². The zero-order chi connectivity index (χ0) is 39.1. The van der Waals surface area contributed by atoms with Gasteiger partial charge in [0.15, 0.2) is 6.10 Å². The number of carbonyl (C=O) groups excluding carboxylic acids is 2. The second kappa shape index (κ2) is 37.3. The number of carbonyl (C=O) groups is 2. The molecule has 10 heteroatoms. The third-order valence-electron chi connectivity index (χ3n) is 7.66. The highest BCUT2D eigenvalue weighted by Gasteiger charge is 2.22. The summed E-state index contributed by atoms with van der Waals surface area (Å²) in [5.41, 5.74) is 0. The molecule has 0 aliphatic heterocycles. The molecule has 0 heterocycles. The molecular formula is C43H69O9P. The maximum Gasteiger partial charge on any atom is 0.469 e. The van der Waals surface area contributed by atoms with E-state index in [0.717, 1.165) is 57.8 Å². The predicted molar refractivity (Wildman–Crippen MR) is 217 cm³/mol. The summed E-state index contributed by atoms with van der Waals surface area (Å²) in [6.45, 7) is 3.33. The van der Waals surface area contributed by atoms with Crippen molar-refractivity contribution in [2.45, 2.75) is 148 Å². The molecule has 0 fully saturated rings. The highest BCUT2D eigenvalue weighted by atomic mass is 31.2. The van der Waals surface area contributed by atoms with E-state index in [9.17, 15) is 19.3 Å². The Morgan fingerprint density at radius 1 is 0.604 bits per heavy atom. The molecule has 0 aromatic carbocycles. The molecule has 0 aromatic rings. The summed E-state index contributed by atoms with van der Waals surface area (Å²) in [6.07, 6.45) is 47.6. The van der Waals surface area contributed by atoms with Crippen LogP contribution in [0.5, 0.6) is 0 Å². The molecule has 2 atom stereocenters. The topological polar surface area (TPSA) is 140 Å². The zero-order valence-electron chi connectivity index (χ0n) is 32.5. The number of hydrogen-bond donors (Lipinski definition) is 3. The van der Waals surface area contributed by atoms with Gasteiger partial charge in [-0.3, -0.25) is 14.1 Å². The van der Waals surface area contributed by atoms with E-state index in [0.29, 0.717) is 25.7 Å². The van der Waals surface area contributed by atoms with E-state index < -0.39 is 38.6 Å². The van der Waals surface area contributed by atoms with Gasteiger partial charge >= 0.3 is 19.8 Å². The molecule has 0 aliphatic carbocycles. The molecule has 0 saturated heterocycles. The Morgan fingerprint density at radius 2 is 1.13 bits per heavy atom. The molecule has 3 N–H and O–H groups in total. The Morgan fingerprint density at radius 3 is 1.74 bits per heavy atom. The first-order valence-electron chi connectivity index (χ1n) is 19.6. The third kappa shape index (κ3) is 40.0. The molecule has 1 unspecified atom stereocenters. The zero-order valence-corrected chi connectivity index (χ0v) is 33.4. The lowest BCUT2D eigenvalue weighted by atomic mass is 10.1. The molecule has 0 amide bonds. The first-order chi connectivity index (χ1) is 25.7. The Labute approximate surface area is 320 Å². The number of hydrogen-bond acceptors (Lipinski definition) is 7. The van der Waals surface area contributed by atoms with Crippen LogP contribution in [0.25, 0.3) is 0 Å². The van der Waals surface area contributed by atoms with Crippen LogP contribution in [0.3, 0.4) is 0 Å². The van der Waals surface area contributed by atoms with E-state index in [1.54, 1.807) is 6.08 Å². The van der Waals surface area contributed by atoms with Crippen molar-refractivity contribution >= 4 is 19.8 Å². The molecule has 300 valence electrons. The van der Waals surface area contributed by atoms with Crippen molar-refractivity contribution in [1.29, 1.82) is 0 Å². The van der Waals surface area contributed by atoms with Gasteiger partial charge in [-0.2, -0.15) is 0 Å². The van der Waals surface area contributed by atoms with Gasteiger partial charge in [-0.05, 0) is 83.5 Å². The molecule has 0 saturated carbocycles. The Kier molecular flexibility index (Phi) is 35.1. The average molecular weight is 761 g/mol. The summed E-state index contributed by atoms with van der Waals surface area (Å²) in [6, 6.07) is 0. The van der Waals surface area contributed by atoms with E-state index in [4.69, 9.17) is 19.3 Å². The second-order valence-electron chi connectivity index (χ2n) is 12.7. The second-order valence-corrected chi connectivity index (χ2v) is 14.0. The minimum absolute atomic E-state index is 0.105. The maximum atomic E-state index is 12.4. The van der Waals surface area contributed by atoms with Gasteiger partial charge in [-0.25, -0.2) is 4.57 Å². The van der Waals surface area contributed by atoms with E-state index in [-0.39, 0.29) is 19.4 Å². The first-order valence-corrected chi connectivity index (χ1v) is 21.2. The number of phosphoric acid groups is 1. The lowest BCUT2D eigenvalue weighted by Gasteiger charge is -2.18. The summed E-state index contributed by atoms with van der Waals surface area (Å²) >= 11 is 0.